The molecule has 0 saturated carbocycles. The molecule has 0 fully saturated rings. The van der Waals surface area contributed by atoms with Crippen molar-refractivity contribution in [3.63, 3.8) is 0 Å². The van der Waals surface area contributed by atoms with E-state index in [2.05, 4.69) is 161 Å². The molecule has 0 saturated heterocycles. The lowest BCUT2D eigenvalue weighted by Crippen LogP contribution is -2.05. The van der Waals surface area contributed by atoms with Crippen molar-refractivity contribution in [1.29, 1.82) is 0 Å². The van der Waals surface area contributed by atoms with Gasteiger partial charge in [-0.05, 0) is 70.4 Å². The van der Waals surface area contributed by atoms with Crippen LogP contribution in [0.4, 0.5) is 0 Å². The molecule has 1 aliphatic rings. The summed E-state index contributed by atoms with van der Waals surface area (Å²) in [5.41, 5.74) is 11.1. The SMILES string of the molecule is c1ccc(-c2cccc(-c3nc(-c4ccccc4)nc(-c4ccc5cc(-n6c7ccccc7c7c8cccc9c8n(c76)-c6ccccc6S9)ccc5c4)n3)c2)cc1. The third kappa shape index (κ3) is 5.08. The van der Waals surface area contributed by atoms with E-state index in [4.69, 9.17) is 15.0 Å². The van der Waals surface area contributed by atoms with Crippen molar-refractivity contribution in [2.75, 3.05) is 0 Å². The molecule has 5 nitrogen and oxygen atoms in total. The Morgan fingerprint density at radius 1 is 0.386 bits per heavy atom. The molecule has 6 heteroatoms. The highest BCUT2D eigenvalue weighted by Crippen LogP contribution is 2.49. The Balaban J connectivity index is 1.02. The van der Waals surface area contributed by atoms with Crippen molar-refractivity contribution in [2.24, 2.45) is 0 Å². The Morgan fingerprint density at radius 3 is 1.82 bits per heavy atom. The van der Waals surface area contributed by atoms with Crippen LogP contribution >= 0.6 is 11.8 Å². The summed E-state index contributed by atoms with van der Waals surface area (Å²) in [6.07, 6.45) is 0. The van der Waals surface area contributed by atoms with Gasteiger partial charge in [-0.2, -0.15) is 0 Å². The molecular formula is C51H31N5S. The lowest BCUT2D eigenvalue weighted by Gasteiger charge is -2.21. The maximum Gasteiger partial charge on any atom is 0.164 e. The fraction of sp³-hybridized carbons (Fsp3) is 0. The number of hydrogen-bond acceptors (Lipinski definition) is 4. The van der Waals surface area contributed by atoms with Crippen LogP contribution in [0.2, 0.25) is 0 Å². The monoisotopic (exact) mass is 745 g/mol. The summed E-state index contributed by atoms with van der Waals surface area (Å²) in [5, 5.41) is 6.07. The van der Waals surface area contributed by atoms with E-state index in [1.54, 1.807) is 0 Å². The van der Waals surface area contributed by atoms with E-state index >= 15 is 0 Å². The summed E-state index contributed by atoms with van der Waals surface area (Å²) in [7, 11) is 0. The predicted molar refractivity (Wildman–Crippen MR) is 234 cm³/mol. The summed E-state index contributed by atoms with van der Waals surface area (Å²) in [6, 6.07) is 66.6. The topological polar surface area (TPSA) is 48.5 Å². The first kappa shape index (κ1) is 32.0. The van der Waals surface area contributed by atoms with Crippen molar-refractivity contribution < 1.29 is 0 Å². The van der Waals surface area contributed by atoms with E-state index in [0.717, 1.165) is 44.3 Å². The lowest BCUT2D eigenvalue weighted by molar-refractivity contribution is 1.03. The summed E-state index contributed by atoms with van der Waals surface area (Å²) in [6.45, 7) is 0. The van der Waals surface area contributed by atoms with Crippen LogP contribution in [0.25, 0.3) is 100 Å². The minimum Gasteiger partial charge on any atom is -0.295 e. The number of para-hydroxylation sites is 3. The smallest absolute Gasteiger partial charge is 0.164 e. The van der Waals surface area contributed by atoms with Gasteiger partial charge in [-0.1, -0.05) is 151 Å². The molecule has 0 aliphatic carbocycles. The van der Waals surface area contributed by atoms with Gasteiger partial charge >= 0.3 is 0 Å². The molecule has 3 aromatic heterocycles. The molecule has 0 atom stereocenters. The zero-order valence-electron chi connectivity index (χ0n) is 30.5. The second-order valence-electron chi connectivity index (χ2n) is 14.5. The highest BCUT2D eigenvalue weighted by Gasteiger charge is 2.27. The average molecular weight is 746 g/mol. The van der Waals surface area contributed by atoms with E-state index in [9.17, 15) is 0 Å². The number of aromatic nitrogens is 5. The minimum atomic E-state index is 0.638. The maximum absolute atomic E-state index is 5.11. The number of fused-ring (bicyclic) bond motifs is 8. The van der Waals surface area contributed by atoms with Gasteiger partial charge in [-0.25, -0.2) is 15.0 Å². The molecule has 1 aliphatic heterocycles. The van der Waals surface area contributed by atoms with E-state index < -0.39 is 0 Å². The maximum atomic E-state index is 5.11. The molecule has 0 amide bonds. The molecule has 0 unspecified atom stereocenters. The average Bonchev–Trinajstić information content (AvgIpc) is 3.81. The van der Waals surface area contributed by atoms with Gasteiger partial charge in [-0.3, -0.25) is 9.13 Å². The van der Waals surface area contributed by atoms with Crippen LogP contribution in [-0.4, -0.2) is 24.1 Å². The predicted octanol–water partition coefficient (Wildman–Crippen LogP) is 13.2. The van der Waals surface area contributed by atoms with Crippen molar-refractivity contribution in [3.8, 4) is 56.7 Å². The second-order valence-corrected chi connectivity index (χ2v) is 15.6. The Kier molecular flexibility index (Phi) is 7.09. The minimum absolute atomic E-state index is 0.638. The number of nitrogens with zero attached hydrogens (tertiary/aromatic N) is 5. The molecule has 8 aromatic carbocycles. The van der Waals surface area contributed by atoms with Crippen LogP contribution in [0.1, 0.15) is 0 Å². The first-order chi connectivity index (χ1) is 28.2. The Morgan fingerprint density at radius 2 is 0.982 bits per heavy atom. The van der Waals surface area contributed by atoms with Crippen LogP contribution < -0.4 is 0 Å². The lowest BCUT2D eigenvalue weighted by atomic mass is 10.0. The molecule has 266 valence electrons. The third-order valence-electron chi connectivity index (χ3n) is 11.1. The van der Waals surface area contributed by atoms with Crippen LogP contribution in [0.15, 0.2) is 198 Å². The first-order valence-corrected chi connectivity index (χ1v) is 19.9. The van der Waals surface area contributed by atoms with Crippen molar-refractivity contribution in [3.05, 3.63) is 188 Å². The molecule has 0 spiro atoms. The van der Waals surface area contributed by atoms with Crippen LogP contribution in [-0.2, 0) is 0 Å². The van der Waals surface area contributed by atoms with Gasteiger partial charge < -0.3 is 0 Å². The van der Waals surface area contributed by atoms with Crippen LogP contribution in [0, 0.1) is 0 Å². The summed E-state index contributed by atoms with van der Waals surface area (Å²) in [4.78, 5) is 17.7. The Bertz CT molecular complexity index is 3380. The fourth-order valence-corrected chi connectivity index (χ4v) is 9.61. The van der Waals surface area contributed by atoms with Gasteiger partial charge in [0.1, 0.15) is 5.65 Å². The van der Waals surface area contributed by atoms with Crippen molar-refractivity contribution in [2.45, 2.75) is 9.79 Å². The zero-order valence-corrected chi connectivity index (χ0v) is 31.4. The normalized spacial score (nSPS) is 12.1. The van der Waals surface area contributed by atoms with Crippen LogP contribution in [0.3, 0.4) is 0 Å². The molecule has 4 heterocycles. The number of benzene rings is 8. The zero-order chi connectivity index (χ0) is 37.5. The van der Waals surface area contributed by atoms with Gasteiger partial charge in [0, 0.05) is 48.3 Å². The Hall–Kier alpha value is -7.28. The molecule has 57 heavy (non-hydrogen) atoms. The molecule has 12 rings (SSSR count). The van der Waals surface area contributed by atoms with Gasteiger partial charge in [0.2, 0.25) is 0 Å². The third-order valence-corrected chi connectivity index (χ3v) is 12.2. The van der Waals surface area contributed by atoms with E-state index in [1.165, 1.54) is 48.3 Å². The van der Waals surface area contributed by atoms with Crippen LogP contribution in [0.5, 0.6) is 0 Å². The highest BCUT2D eigenvalue weighted by atomic mass is 32.2. The fourth-order valence-electron chi connectivity index (χ4n) is 8.52. The molecular weight excluding hydrogens is 715 g/mol. The van der Waals surface area contributed by atoms with E-state index in [0.29, 0.717) is 17.5 Å². The standard InChI is InChI=1S/C51H31N5S/c1-3-13-32(14-4-1)34-17-11-18-37(29-34)49-52-48(33-15-5-2-6-16-33)53-50(54-49)38-26-25-36-31-39(28-27-35(36)30-38)55-42-21-8-7-19-40(42)46-41-20-12-24-45-47(41)56(51(46)55)43-22-9-10-23-44(43)57-45/h1-31H. The highest BCUT2D eigenvalue weighted by molar-refractivity contribution is 7.99. The van der Waals surface area contributed by atoms with Gasteiger partial charge in [0.25, 0.3) is 0 Å². The summed E-state index contributed by atoms with van der Waals surface area (Å²) in [5.74, 6) is 1.92. The van der Waals surface area contributed by atoms with Gasteiger partial charge in [0.05, 0.1) is 16.7 Å². The summed E-state index contributed by atoms with van der Waals surface area (Å²) >= 11 is 1.86. The first-order valence-electron chi connectivity index (χ1n) is 19.1. The summed E-state index contributed by atoms with van der Waals surface area (Å²) < 4.78 is 4.93. The van der Waals surface area contributed by atoms with E-state index in [1.807, 2.05) is 48.2 Å². The second kappa shape index (κ2) is 12.6. The molecule has 11 aromatic rings. The van der Waals surface area contributed by atoms with Crippen molar-refractivity contribution >= 4 is 55.4 Å². The Labute approximate surface area is 332 Å². The van der Waals surface area contributed by atoms with E-state index in [-0.39, 0.29) is 0 Å². The molecule has 0 bridgehead atoms. The van der Waals surface area contributed by atoms with Gasteiger partial charge in [0.15, 0.2) is 17.5 Å². The number of hydrogen-bond donors (Lipinski definition) is 0. The number of rotatable bonds is 5. The van der Waals surface area contributed by atoms with Crippen molar-refractivity contribution in [1.82, 2.24) is 24.1 Å². The van der Waals surface area contributed by atoms with Gasteiger partial charge in [-0.15, -0.1) is 0 Å². The molecule has 0 radical (unpaired) electrons. The largest absolute Gasteiger partial charge is 0.295 e. The molecule has 0 N–H and O–H groups in total. The quantitative estimate of drug-likeness (QED) is 0.176.